The molecule has 2 rings (SSSR count). The molecule has 0 saturated carbocycles. The van der Waals surface area contributed by atoms with Crippen LogP contribution in [0.1, 0.15) is 27.2 Å². The molecule has 0 atom stereocenters. The molecule has 1 aromatic carbocycles. The summed E-state index contributed by atoms with van der Waals surface area (Å²) in [5.74, 6) is -0.105. The first-order chi connectivity index (χ1) is 8.99. The third kappa shape index (κ3) is 2.76. The van der Waals surface area contributed by atoms with E-state index in [0.717, 1.165) is 16.8 Å². The molecule has 2 aromatic rings. The lowest BCUT2D eigenvalue weighted by atomic mass is 10.1. The van der Waals surface area contributed by atoms with Crippen LogP contribution in [-0.4, -0.2) is 15.7 Å². The van der Waals surface area contributed by atoms with Crippen LogP contribution in [0.3, 0.4) is 0 Å². The van der Waals surface area contributed by atoms with Crippen molar-refractivity contribution in [3.63, 3.8) is 0 Å². The fourth-order valence-corrected chi connectivity index (χ4v) is 1.81. The SMILES string of the molecule is Cc1cc(C(=O)NCc2cnn(C)c2C)ccc1N. The molecule has 5 nitrogen and oxygen atoms in total. The van der Waals surface area contributed by atoms with Gasteiger partial charge in [-0.15, -0.1) is 0 Å². The van der Waals surface area contributed by atoms with Crippen LogP contribution in [0.15, 0.2) is 24.4 Å². The Morgan fingerprint density at radius 2 is 2.16 bits per heavy atom. The summed E-state index contributed by atoms with van der Waals surface area (Å²) in [4.78, 5) is 12.0. The maximum atomic E-state index is 12.0. The summed E-state index contributed by atoms with van der Waals surface area (Å²) in [6.07, 6.45) is 1.77. The summed E-state index contributed by atoms with van der Waals surface area (Å²) in [6, 6.07) is 5.27. The molecule has 100 valence electrons. The van der Waals surface area contributed by atoms with Gasteiger partial charge in [-0.05, 0) is 37.6 Å². The van der Waals surface area contributed by atoms with E-state index in [4.69, 9.17) is 5.73 Å². The molecule has 0 fully saturated rings. The van der Waals surface area contributed by atoms with Gasteiger partial charge in [0.15, 0.2) is 0 Å². The number of hydrogen-bond acceptors (Lipinski definition) is 3. The Bertz CT molecular complexity index is 616. The van der Waals surface area contributed by atoms with Crippen molar-refractivity contribution in [3.05, 3.63) is 46.8 Å². The predicted molar refractivity (Wildman–Crippen MR) is 74.7 cm³/mol. The largest absolute Gasteiger partial charge is 0.399 e. The van der Waals surface area contributed by atoms with Gasteiger partial charge >= 0.3 is 0 Å². The number of aromatic nitrogens is 2. The number of benzene rings is 1. The van der Waals surface area contributed by atoms with Crippen molar-refractivity contribution >= 4 is 11.6 Å². The minimum absolute atomic E-state index is 0.105. The first-order valence-corrected chi connectivity index (χ1v) is 6.11. The van der Waals surface area contributed by atoms with Crippen LogP contribution >= 0.6 is 0 Å². The zero-order valence-electron chi connectivity index (χ0n) is 11.4. The highest BCUT2D eigenvalue weighted by Crippen LogP contribution is 2.13. The number of amides is 1. The highest BCUT2D eigenvalue weighted by molar-refractivity contribution is 5.94. The maximum absolute atomic E-state index is 12.0. The van der Waals surface area contributed by atoms with Crippen LogP contribution in [0, 0.1) is 13.8 Å². The van der Waals surface area contributed by atoms with E-state index < -0.39 is 0 Å². The number of aryl methyl sites for hydroxylation is 2. The van der Waals surface area contributed by atoms with E-state index in [0.29, 0.717) is 17.8 Å². The Morgan fingerprint density at radius 1 is 1.42 bits per heavy atom. The van der Waals surface area contributed by atoms with Gasteiger partial charge in [0, 0.05) is 36.1 Å². The molecule has 0 bridgehead atoms. The Kier molecular flexibility index (Phi) is 3.55. The minimum Gasteiger partial charge on any atom is -0.399 e. The number of rotatable bonds is 3. The number of nitrogen functional groups attached to an aromatic ring is 1. The summed E-state index contributed by atoms with van der Waals surface area (Å²) in [6.45, 7) is 4.33. The first kappa shape index (κ1) is 13.1. The summed E-state index contributed by atoms with van der Waals surface area (Å²) >= 11 is 0. The summed E-state index contributed by atoms with van der Waals surface area (Å²) in [7, 11) is 1.88. The second kappa shape index (κ2) is 5.14. The Morgan fingerprint density at radius 3 is 2.74 bits per heavy atom. The van der Waals surface area contributed by atoms with E-state index in [-0.39, 0.29) is 5.91 Å². The van der Waals surface area contributed by atoms with E-state index in [1.54, 1.807) is 29.1 Å². The number of carbonyl (C=O) groups is 1. The number of anilines is 1. The summed E-state index contributed by atoms with van der Waals surface area (Å²) < 4.78 is 1.79. The van der Waals surface area contributed by atoms with Crippen LogP contribution in [-0.2, 0) is 13.6 Å². The first-order valence-electron chi connectivity index (χ1n) is 6.11. The molecule has 0 unspecified atom stereocenters. The quantitative estimate of drug-likeness (QED) is 0.820. The molecule has 19 heavy (non-hydrogen) atoms. The highest BCUT2D eigenvalue weighted by atomic mass is 16.1. The molecule has 5 heteroatoms. The fourth-order valence-electron chi connectivity index (χ4n) is 1.81. The number of carbonyl (C=O) groups excluding carboxylic acids is 1. The maximum Gasteiger partial charge on any atom is 0.251 e. The molecule has 1 heterocycles. The zero-order valence-corrected chi connectivity index (χ0v) is 11.4. The Labute approximate surface area is 112 Å². The van der Waals surface area contributed by atoms with Gasteiger partial charge in [-0.1, -0.05) is 0 Å². The summed E-state index contributed by atoms with van der Waals surface area (Å²) in [5.41, 5.74) is 10.0. The molecule has 0 aliphatic rings. The Balaban J connectivity index is 2.05. The number of nitrogens with zero attached hydrogens (tertiary/aromatic N) is 2. The highest BCUT2D eigenvalue weighted by Gasteiger charge is 2.09. The van der Waals surface area contributed by atoms with E-state index in [1.807, 2.05) is 20.9 Å². The monoisotopic (exact) mass is 258 g/mol. The Hall–Kier alpha value is -2.30. The van der Waals surface area contributed by atoms with Gasteiger partial charge in [-0.25, -0.2) is 0 Å². The van der Waals surface area contributed by atoms with Crippen LogP contribution in [0.5, 0.6) is 0 Å². The van der Waals surface area contributed by atoms with Crippen LogP contribution in [0.2, 0.25) is 0 Å². The topological polar surface area (TPSA) is 72.9 Å². The lowest BCUT2D eigenvalue weighted by Crippen LogP contribution is -2.23. The van der Waals surface area contributed by atoms with Crippen molar-refractivity contribution in [2.75, 3.05) is 5.73 Å². The van der Waals surface area contributed by atoms with Gasteiger partial charge < -0.3 is 11.1 Å². The third-order valence-corrected chi connectivity index (χ3v) is 3.31. The van der Waals surface area contributed by atoms with E-state index >= 15 is 0 Å². The molecular formula is C14H18N4O. The van der Waals surface area contributed by atoms with Crippen LogP contribution < -0.4 is 11.1 Å². The van der Waals surface area contributed by atoms with E-state index in [1.165, 1.54) is 0 Å². The van der Waals surface area contributed by atoms with Crippen molar-refractivity contribution in [1.82, 2.24) is 15.1 Å². The smallest absolute Gasteiger partial charge is 0.251 e. The van der Waals surface area contributed by atoms with Crippen molar-refractivity contribution in [2.24, 2.45) is 7.05 Å². The van der Waals surface area contributed by atoms with Gasteiger partial charge in [0.05, 0.1) is 6.20 Å². The molecule has 1 amide bonds. The number of hydrogen-bond donors (Lipinski definition) is 2. The van der Waals surface area contributed by atoms with Crippen molar-refractivity contribution < 1.29 is 4.79 Å². The lowest BCUT2D eigenvalue weighted by molar-refractivity contribution is 0.0951. The van der Waals surface area contributed by atoms with Gasteiger partial charge in [0.25, 0.3) is 5.91 Å². The van der Waals surface area contributed by atoms with Crippen molar-refractivity contribution in [2.45, 2.75) is 20.4 Å². The predicted octanol–water partition coefficient (Wildman–Crippen LogP) is 1.55. The number of nitrogens with two attached hydrogens (primary N) is 1. The fraction of sp³-hybridized carbons (Fsp3) is 0.286. The second-order valence-corrected chi connectivity index (χ2v) is 4.63. The van der Waals surface area contributed by atoms with E-state index in [2.05, 4.69) is 10.4 Å². The molecule has 0 aliphatic carbocycles. The average molecular weight is 258 g/mol. The molecule has 3 N–H and O–H groups in total. The molecule has 0 radical (unpaired) electrons. The number of nitrogens with one attached hydrogen (secondary N) is 1. The molecule has 1 aromatic heterocycles. The second-order valence-electron chi connectivity index (χ2n) is 4.63. The molecule has 0 aliphatic heterocycles. The molecular weight excluding hydrogens is 240 g/mol. The standard InChI is InChI=1S/C14H18N4O/c1-9-6-11(4-5-13(9)15)14(19)16-7-12-8-17-18(3)10(12)2/h4-6,8H,7,15H2,1-3H3,(H,16,19). The minimum atomic E-state index is -0.105. The van der Waals surface area contributed by atoms with Crippen molar-refractivity contribution in [3.8, 4) is 0 Å². The molecule has 0 saturated heterocycles. The lowest BCUT2D eigenvalue weighted by Gasteiger charge is -2.07. The van der Waals surface area contributed by atoms with E-state index in [9.17, 15) is 4.79 Å². The van der Waals surface area contributed by atoms with Crippen LogP contribution in [0.25, 0.3) is 0 Å². The van der Waals surface area contributed by atoms with Gasteiger partial charge in [-0.3, -0.25) is 9.48 Å². The van der Waals surface area contributed by atoms with Crippen LogP contribution in [0.4, 0.5) is 5.69 Å². The normalized spacial score (nSPS) is 10.5. The van der Waals surface area contributed by atoms with Gasteiger partial charge in [-0.2, -0.15) is 5.10 Å². The average Bonchev–Trinajstić information content (AvgIpc) is 2.70. The summed E-state index contributed by atoms with van der Waals surface area (Å²) in [5, 5.41) is 7.02. The van der Waals surface area contributed by atoms with Gasteiger partial charge in [0.1, 0.15) is 0 Å². The third-order valence-electron chi connectivity index (χ3n) is 3.31. The zero-order chi connectivity index (χ0) is 14.0. The van der Waals surface area contributed by atoms with Crippen molar-refractivity contribution in [1.29, 1.82) is 0 Å². The van der Waals surface area contributed by atoms with Gasteiger partial charge in [0.2, 0.25) is 0 Å². The molecule has 0 spiro atoms.